The van der Waals surface area contributed by atoms with Gasteiger partial charge in [-0.25, -0.2) is 0 Å². The maximum absolute atomic E-state index is 12.6. The van der Waals surface area contributed by atoms with Crippen molar-refractivity contribution >= 4 is 23.4 Å². The van der Waals surface area contributed by atoms with Crippen LogP contribution < -0.4 is 10.2 Å². The predicted molar refractivity (Wildman–Crippen MR) is 99.8 cm³/mol. The van der Waals surface area contributed by atoms with Crippen LogP contribution in [-0.4, -0.2) is 48.3 Å². The van der Waals surface area contributed by atoms with Crippen LogP contribution in [0.25, 0.3) is 0 Å². The van der Waals surface area contributed by atoms with E-state index in [1.807, 2.05) is 29.2 Å². The maximum Gasteiger partial charge on any atom is 0.243 e. The van der Waals surface area contributed by atoms with E-state index in [9.17, 15) is 14.4 Å². The third-order valence-corrected chi connectivity index (χ3v) is 5.21. The first-order valence-electron chi connectivity index (χ1n) is 9.51. The topological polar surface area (TPSA) is 69.7 Å². The highest BCUT2D eigenvalue weighted by Crippen LogP contribution is 2.32. The number of hydrogen-bond donors (Lipinski definition) is 1. The fourth-order valence-electron chi connectivity index (χ4n) is 3.87. The molecule has 1 aromatic rings. The van der Waals surface area contributed by atoms with Gasteiger partial charge in [-0.15, -0.1) is 0 Å². The van der Waals surface area contributed by atoms with Crippen molar-refractivity contribution in [1.82, 2.24) is 10.2 Å². The van der Waals surface area contributed by atoms with Crippen LogP contribution in [0.4, 0.5) is 5.69 Å². The minimum Gasteiger partial charge on any atom is -0.354 e. The second-order valence-corrected chi connectivity index (χ2v) is 7.07. The number of carbonyl (C=O) groups excluding carboxylic acids is 3. The predicted octanol–water partition coefficient (Wildman–Crippen LogP) is 1.87. The Morgan fingerprint density at radius 3 is 2.46 bits per heavy atom. The van der Waals surface area contributed by atoms with E-state index >= 15 is 0 Å². The Morgan fingerprint density at radius 2 is 1.77 bits per heavy atom. The second-order valence-electron chi connectivity index (χ2n) is 7.07. The molecule has 0 aliphatic carbocycles. The van der Waals surface area contributed by atoms with Crippen LogP contribution in [0, 0.1) is 0 Å². The lowest BCUT2D eigenvalue weighted by molar-refractivity contribution is -0.131. The molecule has 0 aromatic heterocycles. The van der Waals surface area contributed by atoms with E-state index in [2.05, 4.69) is 5.32 Å². The van der Waals surface area contributed by atoms with E-state index in [0.29, 0.717) is 19.4 Å². The first-order valence-corrected chi connectivity index (χ1v) is 9.51. The molecule has 3 amide bonds. The Labute approximate surface area is 154 Å². The molecule has 1 fully saturated rings. The van der Waals surface area contributed by atoms with Gasteiger partial charge in [-0.3, -0.25) is 19.3 Å². The van der Waals surface area contributed by atoms with Crippen LogP contribution in [0.3, 0.4) is 0 Å². The average molecular weight is 357 g/mol. The quantitative estimate of drug-likeness (QED) is 0.894. The fourth-order valence-corrected chi connectivity index (χ4v) is 3.87. The number of amides is 3. The van der Waals surface area contributed by atoms with E-state index < -0.39 is 6.04 Å². The summed E-state index contributed by atoms with van der Waals surface area (Å²) in [5.74, 6) is -0.235. The standard InChI is InChI=1S/C20H27N3O3/c1-15(24)23-17-9-5-4-8-16(17)14-18(23)20(26)21-11-10-19(25)22-12-6-2-3-7-13-22/h4-5,8-9,18H,2-3,6-7,10-14H2,1H3,(H,21,26)/t18-/m0/s1. The molecular formula is C20H27N3O3. The Bertz CT molecular complexity index is 681. The van der Waals surface area contributed by atoms with Gasteiger partial charge in [0.15, 0.2) is 0 Å². The molecule has 26 heavy (non-hydrogen) atoms. The summed E-state index contributed by atoms with van der Waals surface area (Å²) in [5, 5.41) is 2.85. The van der Waals surface area contributed by atoms with Gasteiger partial charge in [0.2, 0.25) is 17.7 Å². The van der Waals surface area contributed by atoms with Gasteiger partial charge < -0.3 is 10.2 Å². The van der Waals surface area contributed by atoms with Gasteiger partial charge in [-0.2, -0.15) is 0 Å². The highest BCUT2D eigenvalue weighted by Gasteiger charge is 2.36. The van der Waals surface area contributed by atoms with Gasteiger partial charge in [0.05, 0.1) is 0 Å². The molecule has 2 aliphatic rings. The number of nitrogens with zero attached hydrogens (tertiary/aromatic N) is 2. The van der Waals surface area contributed by atoms with Crippen LogP contribution in [0.5, 0.6) is 0 Å². The Hall–Kier alpha value is -2.37. The minimum absolute atomic E-state index is 0.102. The molecule has 1 aromatic carbocycles. The van der Waals surface area contributed by atoms with Gasteiger partial charge in [-0.1, -0.05) is 31.0 Å². The van der Waals surface area contributed by atoms with E-state index in [1.54, 1.807) is 4.90 Å². The largest absolute Gasteiger partial charge is 0.354 e. The van der Waals surface area contributed by atoms with Crippen LogP contribution in [0.15, 0.2) is 24.3 Å². The normalized spacial score (nSPS) is 19.7. The van der Waals surface area contributed by atoms with Crippen molar-refractivity contribution in [3.63, 3.8) is 0 Å². The van der Waals surface area contributed by atoms with Crippen molar-refractivity contribution in [2.24, 2.45) is 0 Å². The summed E-state index contributed by atoms with van der Waals surface area (Å²) in [5.41, 5.74) is 1.81. The summed E-state index contributed by atoms with van der Waals surface area (Å²) in [6.45, 7) is 3.43. The van der Waals surface area contributed by atoms with Crippen LogP contribution in [0.2, 0.25) is 0 Å². The molecular weight excluding hydrogens is 330 g/mol. The first kappa shape index (κ1) is 18.4. The number of fused-ring (bicyclic) bond motifs is 1. The van der Waals surface area contributed by atoms with E-state index in [1.165, 1.54) is 19.8 Å². The average Bonchev–Trinajstić information content (AvgIpc) is 2.81. The molecule has 1 N–H and O–H groups in total. The van der Waals surface area contributed by atoms with Crippen molar-refractivity contribution in [3.05, 3.63) is 29.8 Å². The number of likely N-dealkylation sites (tertiary alicyclic amines) is 1. The number of nitrogens with one attached hydrogen (secondary N) is 1. The molecule has 0 unspecified atom stereocenters. The summed E-state index contributed by atoms with van der Waals surface area (Å²) in [6, 6.07) is 7.07. The maximum atomic E-state index is 12.6. The monoisotopic (exact) mass is 357 g/mol. The van der Waals surface area contributed by atoms with Crippen molar-refractivity contribution in [2.75, 3.05) is 24.5 Å². The summed E-state index contributed by atoms with van der Waals surface area (Å²) in [4.78, 5) is 40.4. The lowest BCUT2D eigenvalue weighted by Gasteiger charge is -2.24. The number of hydrogen-bond acceptors (Lipinski definition) is 3. The van der Waals surface area contributed by atoms with E-state index in [-0.39, 0.29) is 17.7 Å². The summed E-state index contributed by atoms with van der Waals surface area (Å²) >= 11 is 0. The minimum atomic E-state index is -0.529. The van der Waals surface area contributed by atoms with Crippen LogP contribution >= 0.6 is 0 Å². The van der Waals surface area contributed by atoms with Crippen molar-refractivity contribution in [1.29, 1.82) is 0 Å². The van der Waals surface area contributed by atoms with Gasteiger partial charge >= 0.3 is 0 Å². The Kier molecular flexibility index (Phi) is 5.91. The SMILES string of the molecule is CC(=O)N1c2ccccc2C[C@H]1C(=O)NCCC(=O)N1CCCCCC1. The molecule has 0 bridgehead atoms. The molecule has 140 valence electrons. The highest BCUT2D eigenvalue weighted by molar-refractivity contribution is 6.02. The van der Waals surface area contributed by atoms with Gasteiger partial charge in [0.25, 0.3) is 0 Å². The lowest BCUT2D eigenvalue weighted by atomic mass is 10.1. The van der Waals surface area contributed by atoms with Crippen molar-refractivity contribution in [2.45, 2.75) is 51.5 Å². The summed E-state index contributed by atoms with van der Waals surface area (Å²) in [7, 11) is 0. The molecule has 6 nitrogen and oxygen atoms in total. The number of anilines is 1. The van der Waals surface area contributed by atoms with Crippen LogP contribution in [0.1, 0.15) is 44.6 Å². The number of benzene rings is 1. The molecule has 2 heterocycles. The van der Waals surface area contributed by atoms with Gasteiger partial charge in [-0.05, 0) is 24.5 Å². The first-order chi connectivity index (χ1) is 12.6. The van der Waals surface area contributed by atoms with E-state index in [0.717, 1.165) is 37.2 Å². The molecule has 1 saturated heterocycles. The highest BCUT2D eigenvalue weighted by atomic mass is 16.2. The zero-order valence-corrected chi connectivity index (χ0v) is 15.4. The zero-order chi connectivity index (χ0) is 18.5. The molecule has 1 atom stereocenters. The van der Waals surface area contributed by atoms with Gasteiger partial charge in [0, 0.05) is 45.1 Å². The molecule has 0 radical (unpaired) electrons. The summed E-state index contributed by atoms with van der Waals surface area (Å²) in [6.07, 6.45) is 5.32. The number of rotatable bonds is 4. The Morgan fingerprint density at radius 1 is 1.08 bits per heavy atom. The van der Waals surface area contributed by atoms with Gasteiger partial charge in [0.1, 0.15) is 6.04 Å². The second kappa shape index (κ2) is 8.34. The van der Waals surface area contributed by atoms with Crippen molar-refractivity contribution < 1.29 is 14.4 Å². The van der Waals surface area contributed by atoms with E-state index in [4.69, 9.17) is 0 Å². The zero-order valence-electron chi connectivity index (χ0n) is 15.4. The third kappa shape index (κ3) is 4.06. The summed E-state index contributed by atoms with van der Waals surface area (Å²) < 4.78 is 0. The number of para-hydroxylation sites is 1. The molecule has 3 rings (SSSR count). The van der Waals surface area contributed by atoms with Crippen LogP contribution in [-0.2, 0) is 20.8 Å². The molecule has 0 spiro atoms. The van der Waals surface area contributed by atoms with Crippen molar-refractivity contribution in [3.8, 4) is 0 Å². The fraction of sp³-hybridized carbons (Fsp3) is 0.550. The lowest BCUT2D eigenvalue weighted by Crippen LogP contribution is -2.48. The Balaban J connectivity index is 1.53. The molecule has 6 heteroatoms. The smallest absolute Gasteiger partial charge is 0.243 e. The third-order valence-electron chi connectivity index (χ3n) is 5.21. The number of carbonyl (C=O) groups is 3. The molecule has 0 saturated carbocycles. The molecule has 2 aliphatic heterocycles.